The average Bonchev–Trinajstić information content (AvgIpc) is 3.03. The van der Waals surface area contributed by atoms with Crippen LogP contribution >= 0.6 is 0 Å². The molecule has 0 aromatic rings. The predicted octanol–water partition coefficient (Wildman–Crippen LogP) is 2.25. The molecule has 0 heterocycles. The Hall–Kier alpha value is -0.0800. The fraction of sp³-hybridized carbons (Fsp3) is 1.00. The maximum absolute atomic E-state index is 3.58. The second-order valence-electron chi connectivity index (χ2n) is 5.45. The number of rotatable bonds is 5. The van der Waals surface area contributed by atoms with Crippen molar-refractivity contribution < 1.29 is 0 Å². The summed E-state index contributed by atoms with van der Waals surface area (Å²) >= 11 is 0. The number of hydrogen-bond donors (Lipinski definition) is 1. The van der Waals surface area contributed by atoms with E-state index in [-0.39, 0.29) is 0 Å². The lowest BCUT2D eigenvalue weighted by Crippen LogP contribution is -2.41. The Balaban J connectivity index is 1.67. The van der Waals surface area contributed by atoms with Crippen LogP contribution in [0.3, 0.4) is 0 Å². The average molecular weight is 210 g/mol. The van der Waals surface area contributed by atoms with Gasteiger partial charge in [-0.25, -0.2) is 0 Å². The van der Waals surface area contributed by atoms with E-state index in [2.05, 4.69) is 24.2 Å². The lowest BCUT2D eigenvalue weighted by molar-refractivity contribution is 0.169. The van der Waals surface area contributed by atoms with Crippen molar-refractivity contribution >= 4 is 0 Å². The van der Waals surface area contributed by atoms with Crippen molar-refractivity contribution in [2.45, 2.75) is 57.5 Å². The second-order valence-corrected chi connectivity index (χ2v) is 5.45. The van der Waals surface area contributed by atoms with Crippen LogP contribution in [0.1, 0.15) is 45.4 Å². The van der Waals surface area contributed by atoms with E-state index in [9.17, 15) is 0 Å². The van der Waals surface area contributed by atoms with E-state index in [1.54, 1.807) is 0 Å². The molecule has 0 aliphatic heterocycles. The molecular weight excluding hydrogens is 184 g/mol. The van der Waals surface area contributed by atoms with Gasteiger partial charge in [0.15, 0.2) is 0 Å². The topological polar surface area (TPSA) is 15.3 Å². The Bertz CT molecular complexity index is 181. The van der Waals surface area contributed by atoms with Crippen molar-refractivity contribution in [2.24, 2.45) is 5.92 Å². The van der Waals surface area contributed by atoms with Gasteiger partial charge in [0.25, 0.3) is 0 Å². The SMILES string of the molecule is CCNC1CCC(N(C)CC2CC2)CC1. The summed E-state index contributed by atoms with van der Waals surface area (Å²) in [7, 11) is 2.33. The molecule has 0 spiro atoms. The highest BCUT2D eigenvalue weighted by Crippen LogP contribution is 2.31. The van der Waals surface area contributed by atoms with Crippen LogP contribution in [0.15, 0.2) is 0 Å². The molecule has 0 atom stereocenters. The molecule has 2 saturated carbocycles. The predicted molar refractivity (Wildman–Crippen MR) is 65.1 cm³/mol. The zero-order valence-corrected chi connectivity index (χ0v) is 10.3. The molecule has 2 rings (SSSR count). The minimum Gasteiger partial charge on any atom is -0.314 e. The molecule has 2 nitrogen and oxygen atoms in total. The van der Waals surface area contributed by atoms with Crippen molar-refractivity contribution in [3.63, 3.8) is 0 Å². The summed E-state index contributed by atoms with van der Waals surface area (Å²) in [6.45, 7) is 4.70. The highest BCUT2D eigenvalue weighted by atomic mass is 15.1. The first-order chi connectivity index (χ1) is 7.29. The van der Waals surface area contributed by atoms with Crippen LogP contribution in [0.5, 0.6) is 0 Å². The number of nitrogens with one attached hydrogen (secondary N) is 1. The van der Waals surface area contributed by atoms with E-state index in [1.807, 2.05) is 0 Å². The van der Waals surface area contributed by atoms with Gasteiger partial charge in [-0.2, -0.15) is 0 Å². The Kier molecular flexibility index (Phi) is 4.04. The first-order valence-corrected chi connectivity index (χ1v) is 6.73. The summed E-state index contributed by atoms with van der Waals surface area (Å²) in [6, 6.07) is 1.68. The lowest BCUT2D eigenvalue weighted by Gasteiger charge is -2.35. The number of hydrogen-bond acceptors (Lipinski definition) is 2. The molecular formula is C13H26N2. The summed E-state index contributed by atoms with van der Waals surface area (Å²) < 4.78 is 0. The quantitative estimate of drug-likeness (QED) is 0.749. The third-order valence-electron chi connectivity index (χ3n) is 4.06. The summed E-state index contributed by atoms with van der Waals surface area (Å²) in [6.07, 6.45) is 8.54. The second kappa shape index (κ2) is 5.31. The molecule has 0 radical (unpaired) electrons. The largest absolute Gasteiger partial charge is 0.314 e. The Morgan fingerprint density at radius 1 is 1.07 bits per heavy atom. The van der Waals surface area contributed by atoms with Crippen LogP contribution < -0.4 is 5.32 Å². The summed E-state index contributed by atoms with van der Waals surface area (Å²) in [5, 5.41) is 3.58. The van der Waals surface area contributed by atoms with Gasteiger partial charge in [0.1, 0.15) is 0 Å². The van der Waals surface area contributed by atoms with Gasteiger partial charge in [0.05, 0.1) is 0 Å². The van der Waals surface area contributed by atoms with Crippen LogP contribution in [0, 0.1) is 5.92 Å². The molecule has 0 saturated heterocycles. The summed E-state index contributed by atoms with van der Waals surface area (Å²) in [5.74, 6) is 1.04. The van der Waals surface area contributed by atoms with E-state index in [4.69, 9.17) is 0 Å². The molecule has 2 heteroatoms. The third kappa shape index (κ3) is 3.46. The van der Waals surface area contributed by atoms with E-state index < -0.39 is 0 Å². The van der Waals surface area contributed by atoms with Gasteiger partial charge < -0.3 is 10.2 Å². The highest BCUT2D eigenvalue weighted by molar-refractivity contribution is 4.84. The van der Waals surface area contributed by atoms with Crippen LogP contribution in [0.2, 0.25) is 0 Å². The molecule has 2 aliphatic carbocycles. The van der Waals surface area contributed by atoms with E-state index in [0.717, 1.165) is 24.5 Å². The molecule has 0 amide bonds. The van der Waals surface area contributed by atoms with E-state index in [1.165, 1.54) is 45.1 Å². The monoisotopic (exact) mass is 210 g/mol. The molecule has 1 N–H and O–H groups in total. The zero-order valence-electron chi connectivity index (χ0n) is 10.3. The fourth-order valence-electron chi connectivity index (χ4n) is 2.87. The van der Waals surface area contributed by atoms with Gasteiger partial charge in [0, 0.05) is 18.6 Å². The van der Waals surface area contributed by atoms with Crippen molar-refractivity contribution in [1.82, 2.24) is 10.2 Å². The Morgan fingerprint density at radius 3 is 2.27 bits per heavy atom. The smallest absolute Gasteiger partial charge is 0.00934 e. The third-order valence-corrected chi connectivity index (χ3v) is 4.06. The van der Waals surface area contributed by atoms with E-state index >= 15 is 0 Å². The van der Waals surface area contributed by atoms with Gasteiger partial charge in [-0.05, 0) is 58.0 Å². The highest BCUT2D eigenvalue weighted by Gasteiger charge is 2.28. The molecule has 0 unspecified atom stereocenters. The van der Waals surface area contributed by atoms with Crippen molar-refractivity contribution in [2.75, 3.05) is 20.1 Å². The molecule has 0 aromatic heterocycles. The maximum atomic E-state index is 3.58. The standard InChI is InChI=1S/C13H26N2/c1-3-14-12-6-8-13(9-7-12)15(2)10-11-4-5-11/h11-14H,3-10H2,1-2H3. The summed E-state index contributed by atoms with van der Waals surface area (Å²) in [5.41, 5.74) is 0. The van der Waals surface area contributed by atoms with Crippen molar-refractivity contribution in [3.05, 3.63) is 0 Å². The van der Waals surface area contributed by atoms with Crippen LogP contribution in [0.25, 0.3) is 0 Å². The zero-order chi connectivity index (χ0) is 10.7. The van der Waals surface area contributed by atoms with Crippen LogP contribution in [-0.4, -0.2) is 37.1 Å². The maximum Gasteiger partial charge on any atom is 0.00934 e. The van der Waals surface area contributed by atoms with Gasteiger partial charge in [-0.3, -0.25) is 0 Å². The van der Waals surface area contributed by atoms with Gasteiger partial charge in [-0.1, -0.05) is 6.92 Å². The molecule has 2 aliphatic rings. The van der Waals surface area contributed by atoms with Crippen LogP contribution in [0.4, 0.5) is 0 Å². The fourth-order valence-corrected chi connectivity index (χ4v) is 2.87. The van der Waals surface area contributed by atoms with Crippen LogP contribution in [-0.2, 0) is 0 Å². The first kappa shape index (κ1) is 11.4. The minimum atomic E-state index is 0.806. The van der Waals surface area contributed by atoms with Gasteiger partial charge in [-0.15, -0.1) is 0 Å². The first-order valence-electron chi connectivity index (χ1n) is 6.73. The molecule has 0 aromatic carbocycles. The van der Waals surface area contributed by atoms with Crippen molar-refractivity contribution in [3.8, 4) is 0 Å². The summed E-state index contributed by atoms with van der Waals surface area (Å²) in [4.78, 5) is 2.62. The van der Waals surface area contributed by atoms with Gasteiger partial charge in [0.2, 0.25) is 0 Å². The molecule has 0 bridgehead atoms. The molecule has 2 fully saturated rings. The Morgan fingerprint density at radius 2 is 1.73 bits per heavy atom. The number of nitrogens with zero attached hydrogens (tertiary/aromatic N) is 1. The molecule has 88 valence electrons. The normalized spacial score (nSPS) is 32.2. The molecule has 15 heavy (non-hydrogen) atoms. The lowest BCUT2D eigenvalue weighted by atomic mass is 9.90. The minimum absolute atomic E-state index is 0.806. The van der Waals surface area contributed by atoms with Gasteiger partial charge >= 0.3 is 0 Å². The Labute approximate surface area is 94.4 Å². The van der Waals surface area contributed by atoms with E-state index in [0.29, 0.717) is 0 Å². The van der Waals surface area contributed by atoms with Crippen molar-refractivity contribution in [1.29, 1.82) is 0 Å².